The Labute approximate surface area is 147 Å². The molecule has 1 aliphatic carbocycles. The van der Waals surface area contributed by atoms with Crippen LogP contribution in [0.25, 0.3) is 0 Å². The van der Waals surface area contributed by atoms with E-state index in [1.165, 1.54) is 0 Å². The van der Waals surface area contributed by atoms with Gasteiger partial charge in [-0.25, -0.2) is 4.98 Å². The molecule has 0 amide bonds. The van der Waals surface area contributed by atoms with Gasteiger partial charge in [-0.2, -0.15) is 0 Å². The summed E-state index contributed by atoms with van der Waals surface area (Å²) in [5.74, 6) is 0.847. The van der Waals surface area contributed by atoms with Gasteiger partial charge in [0.05, 0.1) is 25.6 Å². The first-order valence-electron chi connectivity index (χ1n) is 9.41. The zero-order valence-corrected chi connectivity index (χ0v) is 14.6. The van der Waals surface area contributed by atoms with E-state index in [1.807, 2.05) is 0 Å². The van der Waals surface area contributed by atoms with Gasteiger partial charge in [0.25, 0.3) is 5.56 Å². The lowest BCUT2D eigenvalue weighted by molar-refractivity contribution is -0.183. The van der Waals surface area contributed by atoms with Crippen molar-refractivity contribution < 1.29 is 14.6 Å². The maximum absolute atomic E-state index is 12.5. The van der Waals surface area contributed by atoms with Gasteiger partial charge in [0.2, 0.25) is 0 Å². The van der Waals surface area contributed by atoms with Crippen LogP contribution in [0.5, 0.6) is 0 Å². The summed E-state index contributed by atoms with van der Waals surface area (Å²) in [7, 11) is 0. The third-order valence-corrected chi connectivity index (χ3v) is 5.79. The summed E-state index contributed by atoms with van der Waals surface area (Å²) in [5.41, 5.74) is 0.00442. The summed E-state index contributed by atoms with van der Waals surface area (Å²) in [6.45, 7) is 3.61. The fourth-order valence-electron chi connectivity index (χ4n) is 4.19. The molecule has 0 bridgehead atoms. The number of hydrogen-bond donors (Lipinski definition) is 1. The van der Waals surface area contributed by atoms with Crippen molar-refractivity contribution in [2.45, 2.75) is 57.0 Å². The number of aliphatic hydroxyl groups excluding tert-OH is 1. The summed E-state index contributed by atoms with van der Waals surface area (Å²) in [6, 6.07) is 1.63. The second-order valence-electron chi connectivity index (χ2n) is 7.51. The highest BCUT2D eigenvalue weighted by molar-refractivity contribution is 5.37. The first-order chi connectivity index (χ1) is 12.1. The maximum Gasteiger partial charge on any atom is 0.255 e. The zero-order chi connectivity index (χ0) is 17.3. The molecule has 1 spiro atoms. The first kappa shape index (κ1) is 17.0. The van der Waals surface area contributed by atoms with Gasteiger partial charge in [0, 0.05) is 38.5 Å². The summed E-state index contributed by atoms with van der Waals surface area (Å²) < 4.78 is 13.3. The highest BCUT2D eigenvalue weighted by Crippen LogP contribution is 2.38. The Morgan fingerprint density at radius 2 is 1.84 bits per heavy atom. The number of hydrogen-bond acceptors (Lipinski definition) is 6. The molecule has 1 saturated carbocycles. The molecule has 7 nitrogen and oxygen atoms in total. The van der Waals surface area contributed by atoms with Gasteiger partial charge in [-0.3, -0.25) is 9.36 Å². The predicted octanol–water partition coefficient (Wildman–Crippen LogP) is 1.14. The summed E-state index contributed by atoms with van der Waals surface area (Å²) >= 11 is 0. The molecule has 0 aromatic carbocycles. The quantitative estimate of drug-likeness (QED) is 0.882. The number of ether oxygens (including phenoxy) is 2. The van der Waals surface area contributed by atoms with Gasteiger partial charge in [0.1, 0.15) is 5.82 Å². The molecule has 3 heterocycles. The average molecular weight is 349 g/mol. The lowest BCUT2D eigenvalue weighted by Crippen LogP contribution is -2.38. The molecule has 0 atom stereocenters. The van der Waals surface area contributed by atoms with Crippen LogP contribution < -0.4 is 10.5 Å². The van der Waals surface area contributed by atoms with Gasteiger partial charge in [-0.15, -0.1) is 0 Å². The van der Waals surface area contributed by atoms with Crippen LogP contribution in [0.1, 0.15) is 38.5 Å². The molecular formula is C18H27N3O4. The van der Waals surface area contributed by atoms with E-state index < -0.39 is 0 Å². The Bertz CT molecular complexity index is 638. The highest BCUT2D eigenvalue weighted by atomic mass is 16.7. The second kappa shape index (κ2) is 7.05. The van der Waals surface area contributed by atoms with Crippen molar-refractivity contribution in [1.82, 2.24) is 9.55 Å². The number of rotatable bonds is 3. The molecule has 3 fully saturated rings. The van der Waals surface area contributed by atoms with Gasteiger partial charge >= 0.3 is 0 Å². The van der Waals surface area contributed by atoms with Crippen molar-refractivity contribution in [2.75, 3.05) is 31.2 Å². The Balaban J connectivity index is 1.36. The van der Waals surface area contributed by atoms with Crippen LogP contribution in [0, 0.1) is 5.92 Å². The van der Waals surface area contributed by atoms with Crippen molar-refractivity contribution in [1.29, 1.82) is 0 Å². The fourth-order valence-corrected chi connectivity index (χ4v) is 4.19. The SMILES string of the molecule is O=c1cc(N2CCC(O)CC2)ncn1CC1CCC2(CC1)OCCO2. The van der Waals surface area contributed by atoms with Crippen LogP contribution in [-0.2, 0) is 16.0 Å². The Morgan fingerprint density at radius 3 is 2.48 bits per heavy atom. The minimum atomic E-state index is -0.345. The largest absolute Gasteiger partial charge is 0.393 e. The van der Waals surface area contributed by atoms with Crippen LogP contribution in [0.2, 0.25) is 0 Å². The molecular weight excluding hydrogens is 322 g/mol. The van der Waals surface area contributed by atoms with E-state index in [-0.39, 0.29) is 17.5 Å². The van der Waals surface area contributed by atoms with E-state index >= 15 is 0 Å². The highest BCUT2D eigenvalue weighted by Gasteiger charge is 2.40. The third kappa shape index (κ3) is 3.73. The lowest BCUT2D eigenvalue weighted by atomic mass is 9.85. The molecule has 1 aromatic rings. The van der Waals surface area contributed by atoms with Crippen LogP contribution in [0.4, 0.5) is 5.82 Å². The minimum absolute atomic E-state index is 0.00442. The maximum atomic E-state index is 12.5. The van der Waals surface area contributed by atoms with E-state index in [1.54, 1.807) is 17.0 Å². The molecule has 25 heavy (non-hydrogen) atoms. The van der Waals surface area contributed by atoms with Crippen molar-refractivity contribution in [3.63, 3.8) is 0 Å². The van der Waals surface area contributed by atoms with Gasteiger partial charge in [-0.05, 0) is 31.6 Å². The number of aliphatic hydroxyl groups is 1. The number of nitrogens with zero attached hydrogens (tertiary/aromatic N) is 3. The Morgan fingerprint density at radius 1 is 1.16 bits per heavy atom. The van der Waals surface area contributed by atoms with E-state index in [9.17, 15) is 9.90 Å². The number of anilines is 1. The summed E-state index contributed by atoms with van der Waals surface area (Å²) in [5, 5.41) is 9.60. The Hall–Kier alpha value is -1.44. The topological polar surface area (TPSA) is 76.8 Å². The molecule has 4 rings (SSSR count). The lowest BCUT2D eigenvalue weighted by Gasteiger charge is -2.35. The van der Waals surface area contributed by atoms with Crippen molar-refractivity contribution in [3.8, 4) is 0 Å². The number of aromatic nitrogens is 2. The third-order valence-electron chi connectivity index (χ3n) is 5.79. The van der Waals surface area contributed by atoms with Crippen molar-refractivity contribution >= 4 is 5.82 Å². The van der Waals surface area contributed by atoms with Crippen LogP contribution in [0.3, 0.4) is 0 Å². The molecule has 0 unspecified atom stereocenters. The van der Waals surface area contributed by atoms with Gasteiger partial charge in [0.15, 0.2) is 5.79 Å². The normalized spacial score (nSPS) is 24.9. The van der Waals surface area contributed by atoms with Crippen LogP contribution in [0.15, 0.2) is 17.2 Å². The predicted molar refractivity (Wildman–Crippen MR) is 92.5 cm³/mol. The monoisotopic (exact) mass is 349 g/mol. The second-order valence-corrected chi connectivity index (χ2v) is 7.51. The molecule has 2 saturated heterocycles. The van der Waals surface area contributed by atoms with E-state index in [2.05, 4.69) is 9.88 Å². The minimum Gasteiger partial charge on any atom is -0.393 e. The Kier molecular flexibility index (Phi) is 4.80. The van der Waals surface area contributed by atoms with Gasteiger partial charge < -0.3 is 19.5 Å². The first-order valence-corrected chi connectivity index (χ1v) is 9.41. The molecule has 138 valence electrons. The molecule has 0 radical (unpaired) electrons. The average Bonchev–Trinajstić information content (AvgIpc) is 3.08. The smallest absolute Gasteiger partial charge is 0.255 e. The standard InChI is InChI=1S/C18H27N3O4/c22-15-3-7-20(8-4-15)16-11-17(23)21(13-19-16)12-14-1-5-18(6-2-14)24-9-10-25-18/h11,13-15,22H,1-10,12H2. The van der Waals surface area contributed by atoms with E-state index in [0.29, 0.717) is 25.7 Å². The molecule has 1 aromatic heterocycles. The summed E-state index contributed by atoms with van der Waals surface area (Å²) in [6.07, 6.45) is 6.77. The fraction of sp³-hybridized carbons (Fsp3) is 0.778. The van der Waals surface area contributed by atoms with Gasteiger partial charge in [-0.1, -0.05) is 0 Å². The van der Waals surface area contributed by atoms with Crippen molar-refractivity contribution in [2.24, 2.45) is 5.92 Å². The van der Waals surface area contributed by atoms with Crippen LogP contribution in [-0.4, -0.2) is 52.9 Å². The van der Waals surface area contributed by atoms with Crippen molar-refractivity contribution in [3.05, 3.63) is 22.7 Å². The summed E-state index contributed by atoms with van der Waals surface area (Å²) in [4.78, 5) is 19.0. The zero-order valence-electron chi connectivity index (χ0n) is 14.6. The molecule has 1 N–H and O–H groups in total. The van der Waals surface area contributed by atoms with E-state index in [4.69, 9.17) is 9.47 Å². The van der Waals surface area contributed by atoms with Crippen LogP contribution >= 0.6 is 0 Å². The molecule has 3 aliphatic rings. The molecule has 7 heteroatoms. The van der Waals surface area contributed by atoms with E-state index in [0.717, 1.165) is 57.4 Å². The molecule has 2 aliphatic heterocycles. The number of piperidine rings is 1.